The van der Waals surface area contributed by atoms with Crippen LogP contribution >= 0.6 is 0 Å². The largest absolute Gasteiger partial charge is 0.207 e. The van der Waals surface area contributed by atoms with E-state index in [4.69, 9.17) is 0 Å². The molecule has 0 saturated carbocycles. The Hall–Kier alpha value is -1.32. The van der Waals surface area contributed by atoms with Crippen LogP contribution in [0.4, 0.5) is 4.39 Å². The van der Waals surface area contributed by atoms with E-state index in [0.29, 0.717) is 5.92 Å². The molecule has 0 heterocycles. The third-order valence-electron chi connectivity index (χ3n) is 4.27. The zero-order valence-corrected chi connectivity index (χ0v) is 13.0. The van der Waals surface area contributed by atoms with Crippen LogP contribution < -0.4 is 0 Å². The van der Waals surface area contributed by atoms with Crippen molar-refractivity contribution in [2.45, 2.75) is 25.2 Å². The first-order valence-electron chi connectivity index (χ1n) is 7.30. The van der Waals surface area contributed by atoms with Gasteiger partial charge >= 0.3 is 0 Å². The summed E-state index contributed by atoms with van der Waals surface area (Å²) in [5, 5.41) is 0. The van der Waals surface area contributed by atoms with Crippen molar-refractivity contribution in [2.75, 3.05) is 12.0 Å². The molecule has 3 rings (SSSR count). The SMILES string of the molecule is C[S+](O)CCC1Cc2cc(F)ccc2Cc2ccccc21. The first-order valence-corrected chi connectivity index (χ1v) is 9.06. The molecule has 0 saturated heterocycles. The van der Waals surface area contributed by atoms with Gasteiger partial charge in [0.25, 0.3) is 0 Å². The molecule has 2 unspecified atom stereocenters. The fraction of sp³-hybridized carbons (Fsp3) is 0.333. The third-order valence-corrected chi connectivity index (χ3v) is 5.10. The lowest BCUT2D eigenvalue weighted by Crippen LogP contribution is -2.11. The van der Waals surface area contributed by atoms with E-state index in [9.17, 15) is 8.94 Å². The van der Waals surface area contributed by atoms with Crippen LogP contribution in [0.3, 0.4) is 0 Å². The van der Waals surface area contributed by atoms with Crippen molar-refractivity contribution in [1.29, 1.82) is 0 Å². The second-order valence-electron chi connectivity index (χ2n) is 5.78. The molecule has 21 heavy (non-hydrogen) atoms. The molecule has 0 radical (unpaired) electrons. The Morgan fingerprint density at radius 3 is 2.76 bits per heavy atom. The smallest absolute Gasteiger partial charge is 0.141 e. The second kappa shape index (κ2) is 6.20. The molecule has 0 spiro atoms. The Morgan fingerprint density at radius 2 is 1.95 bits per heavy atom. The molecular formula is C18H20FOS+. The first-order chi connectivity index (χ1) is 10.1. The van der Waals surface area contributed by atoms with Gasteiger partial charge in [-0.15, -0.1) is 0 Å². The standard InChI is InChI=1S/C18H20FOS/c1-21(20)9-8-15-11-16-12-17(19)7-6-13(16)10-14-4-2-3-5-18(14)15/h2-7,12,15,20H,8-11H2,1H3/q+1. The van der Waals surface area contributed by atoms with Gasteiger partial charge in [-0.1, -0.05) is 30.3 Å². The maximum atomic E-state index is 13.6. The number of halogens is 1. The molecule has 1 aliphatic rings. The first kappa shape index (κ1) is 14.6. The normalized spacial score (nSPS) is 18.5. The van der Waals surface area contributed by atoms with Gasteiger partial charge in [-0.25, -0.2) is 4.39 Å². The zero-order valence-electron chi connectivity index (χ0n) is 12.2. The highest BCUT2D eigenvalue weighted by atomic mass is 32.2. The predicted octanol–water partition coefficient (Wildman–Crippen LogP) is 4.17. The van der Waals surface area contributed by atoms with Crippen molar-refractivity contribution in [3.63, 3.8) is 0 Å². The number of hydrogen-bond acceptors (Lipinski definition) is 1. The van der Waals surface area contributed by atoms with Gasteiger partial charge in [-0.05, 0) is 53.1 Å². The summed E-state index contributed by atoms with van der Waals surface area (Å²) >= 11 is -0.536. The average molecular weight is 303 g/mol. The van der Waals surface area contributed by atoms with Gasteiger partial charge in [0.05, 0.1) is 0 Å². The van der Waals surface area contributed by atoms with Gasteiger partial charge in [0.1, 0.15) is 29.0 Å². The molecule has 0 bridgehead atoms. The number of hydrogen-bond donors (Lipinski definition) is 1. The van der Waals surface area contributed by atoms with Crippen molar-refractivity contribution >= 4 is 11.2 Å². The molecule has 2 atom stereocenters. The van der Waals surface area contributed by atoms with Crippen LogP contribution in [0.5, 0.6) is 0 Å². The molecule has 0 amide bonds. The fourth-order valence-electron chi connectivity index (χ4n) is 3.20. The fourth-order valence-corrected chi connectivity index (χ4v) is 3.83. The monoisotopic (exact) mass is 303 g/mol. The van der Waals surface area contributed by atoms with Gasteiger partial charge in [0.15, 0.2) is 0 Å². The van der Waals surface area contributed by atoms with E-state index < -0.39 is 11.2 Å². The van der Waals surface area contributed by atoms with Gasteiger partial charge in [-0.3, -0.25) is 0 Å². The van der Waals surface area contributed by atoms with Crippen LogP contribution in [0.2, 0.25) is 0 Å². The van der Waals surface area contributed by atoms with Gasteiger partial charge < -0.3 is 0 Å². The molecule has 110 valence electrons. The Morgan fingerprint density at radius 1 is 1.14 bits per heavy atom. The van der Waals surface area contributed by atoms with E-state index in [2.05, 4.69) is 24.3 Å². The van der Waals surface area contributed by atoms with E-state index in [1.54, 1.807) is 12.1 Å². The lowest BCUT2D eigenvalue weighted by molar-refractivity contribution is 0.609. The van der Waals surface area contributed by atoms with Crippen molar-refractivity contribution in [1.82, 2.24) is 0 Å². The van der Waals surface area contributed by atoms with Crippen LogP contribution in [-0.4, -0.2) is 16.6 Å². The van der Waals surface area contributed by atoms with E-state index in [1.165, 1.54) is 16.7 Å². The number of benzene rings is 2. The van der Waals surface area contributed by atoms with E-state index in [1.807, 2.05) is 12.3 Å². The van der Waals surface area contributed by atoms with Gasteiger partial charge in [-0.2, -0.15) is 4.55 Å². The molecule has 0 fully saturated rings. The number of rotatable bonds is 3. The van der Waals surface area contributed by atoms with E-state index in [0.717, 1.165) is 30.6 Å². The molecule has 1 nitrogen and oxygen atoms in total. The Kier molecular flexibility index (Phi) is 4.32. The minimum absolute atomic E-state index is 0.157. The Balaban J connectivity index is 1.99. The Labute approximate surface area is 128 Å². The molecule has 3 heteroatoms. The third kappa shape index (κ3) is 3.30. The van der Waals surface area contributed by atoms with Crippen molar-refractivity contribution in [3.05, 3.63) is 70.5 Å². The summed E-state index contributed by atoms with van der Waals surface area (Å²) in [5.74, 6) is 1.02. The zero-order chi connectivity index (χ0) is 14.8. The summed E-state index contributed by atoms with van der Waals surface area (Å²) in [5.41, 5.74) is 5.04. The minimum Gasteiger partial charge on any atom is -0.207 e. The van der Waals surface area contributed by atoms with Gasteiger partial charge in [0.2, 0.25) is 0 Å². The summed E-state index contributed by atoms with van der Waals surface area (Å²) < 4.78 is 23.2. The highest BCUT2D eigenvalue weighted by Gasteiger charge is 2.24. The molecular weight excluding hydrogens is 283 g/mol. The summed E-state index contributed by atoms with van der Waals surface area (Å²) in [6.07, 6.45) is 4.54. The lowest BCUT2D eigenvalue weighted by atomic mass is 9.89. The van der Waals surface area contributed by atoms with Crippen molar-refractivity contribution in [3.8, 4) is 0 Å². The van der Waals surface area contributed by atoms with Crippen LogP contribution in [0.15, 0.2) is 42.5 Å². The summed E-state index contributed by atoms with van der Waals surface area (Å²) in [6, 6.07) is 13.7. The maximum Gasteiger partial charge on any atom is 0.141 e. The number of fused-ring (bicyclic) bond motifs is 2. The molecule has 0 aromatic heterocycles. The predicted molar refractivity (Wildman–Crippen MR) is 87.5 cm³/mol. The van der Waals surface area contributed by atoms with Crippen LogP contribution in [0, 0.1) is 5.82 Å². The van der Waals surface area contributed by atoms with E-state index >= 15 is 0 Å². The minimum atomic E-state index is -0.536. The Bertz CT molecular complexity index is 639. The highest BCUT2D eigenvalue weighted by Crippen LogP contribution is 2.34. The van der Waals surface area contributed by atoms with Gasteiger partial charge in [0, 0.05) is 6.42 Å². The second-order valence-corrected chi connectivity index (χ2v) is 7.39. The highest BCUT2D eigenvalue weighted by molar-refractivity contribution is 7.90. The van der Waals surface area contributed by atoms with Crippen LogP contribution in [0.1, 0.15) is 34.6 Å². The molecule has 1 aliphatic carbocycles. The molecule has 2 aromatic rings. The quantitative estimate of drug-likeness (QED) is 0.844. The van der Waals surface area contributed by atoms with Crippen molar-refractivity contribution in [2.24, 2.45) is 0 Å². The topological polar surface area (TPSA) is 20.2 Å². The summed E-state index contributed by atoms with van der Waals surface area (Å²) in [7, 11) is 0. The molecule has 0 aliphatic heterocycles. The average Bonchev–Trinajstić information content (AvgIpc) is 2.61. The summed E-state index contributed by atoms with van der Waals surface area (Å²) in [6.45, 7) is 0. The summed E-state index contributed by atoms with van der Waals surface area (Å²) in [4.78, 5) is 0. The van der Waals surface area contributed by atoms with Crippen LogP contribution in [-0.2, 0) is 24.0 Å². The maximum absolute atomic E-state index is 13.6. The molecule has 2 aromatic carbocycles. The molecule has 1 N–H and O–H groups in total. The van der Waals surface area contributed by atoms with Crippen molar-refractivity contribution < 1.29 is 8.94 Å². The van der Waals surface area contributed by atoms with E-state index in [-0.39, 0.29) is 5.82 Å². The van der Waals surface area contributed by atoms with Crippen LogP contribution in [0.25, 0.3) is 0 Å². The lowest BCUT2D eigenvalue weighted by Gasteiger charge is -2.16.